The first-order valence-electron chi connectivity index (χ1n) is 7.72. The van der Waals surface area contributed by atoms with Gasteiger partial charge in [-0.2, -0.15) is 0 Å². The Morgan fingerprint density at radius 3 is 2.74 bits per heavy atom. The maximum absolute atomic E-state index is 12.8. The summed E-state index contributed by atoms with van der Waals surface area (Å²) < 4.78 is 13.2. The number of nitrogens with one attached hydrogen (secondary N) is 2. The van der Waals surface area contributed by atoms with E-state index >= 15 is 0 Å². The van der Waals surface area contributed by atoms with E-state index in [2.05, 4.69) is 10.3 Å². The van der Waals surface area contributed by atoms with Crippen molar-refractivity contribution < 1.29 is 14.3 Å². The molecular formula is C17H13N3O4S3. The Hall–Kier alpha value is -2.69. The molecule has 0 aliphatic rings. The summed E-state index contributed by atoms with van der Waals surface area (Å²) in [4.78, 5) is 28.2. The number of anilines is 1. The van der Waals surface area contributed by atoms with Crippen LogP contribution in [0, 0.1) is 3.95 Å². The predicted octanol–water partition coefficient (Wildman–Crippen LogP) is 3.90. The maximum atomic E-state index is 12.8. The highest BCUT2D eigenvalue weighted by molar-refractivity contribution is 7.73. The molecule has 27 heavy (non-hydrogen) atoms. The average Bonchev–Trinajstić information content (AvgIpc) is 3.26. The largest absolute Gasteiger partial charge is 0.493 e. The number of aromatic amines is 1. The number of carbonyl (C=O) groups is 1. The summed E-state index contributed by atoms with van der Waals surface area (Å²) in [6.45, 7) is 0. The quantitative estimate of drug-likeness (QED) is 0.490. The molecule has 4 rings (SSSR count). The summed E-state index contributed by atoms with van der Waals surface area (Å²) in [5.41, 5.74) is 1.38. The standard InChI is InChI=1S/C17H13N3O4S3/c1-23-10-4-3-8(7-11(10)24-2)18-16(22)13-14-19-15(21)12-9(5-6-26-12)20(14)17(25)27-13/h3-7H,1-2H3,(H,18,22)(H,19,21). The van der Waals surface area contributed by atoms with Crippen LogP contribution < -0.4 is 20.3 Å². The maximum Gasteiger partial charge on any atom is 0.269 e. The van der Waals surface area contributed by atoms with Gasteiger partial charge in [0, 0.05) is 11.8 Å². The number of thiophene rings is 1. The van der Waals surface area contributed by atoms with Crippen LogP contribution in [-0.2, 0) is 0 Å². The number of thiazole rings is 1. The van der Waals surface area contributed by atoms with Crippen LogP contribution >= 0.6 is 34.9 Å². The lowest BCUT2D eigenvalue weighted by Gasteiger charge is -2.10. The number of benzene rings is 1. The van der Waals surface area contributed by atoms with Crippen molar-refractivity contribution in [1.82, 2.24) is 9.38 Å². The van der Waals surface area contributed by atoms with E-state index in [0.717, 1.165) is 11.3 Å². The molecule has 0 atom stereocenters. The number of methoxy groups -OCH3 is 2. The molecular weight excluding hydrogens is 406 g/mol. The Balaban J connectivity index is 1.79. The Labute approximate surface area is 165 Å². The molecule has 1 amide bonds. The third-order valence-electron chi connectivity index (χ3n) is 3.98. The molecule has 1 aromatic carbocycles. The number of hydrogen-bond donors (Lipinski definition) is 2. The van der Waals surface area contributed by atoms with E-state index in [0.29, 0.717) is 41.9 Å². The van der Waals surface area contributed by atoms with Crippen LogP contribution in [0.1, 0.15) is 9.67 Å². The van der Waals surface area contributed by atoms with Gasteiger partial charge in [0.2, 0.25) is 0 Å². The highest BCUT2D eigenvalue weighted by atomic mass is 32.1. The van der Waals surface area contributed by atoms with Crippen molar-refractivity contribution >= 4 is 62.3 Å². The third kappa shape index (κ3) is 2.91. The van der Waals surface area contributed by atoms with Crippen LogP contribution in [0.2, 0.25) is 0 Å². The molecule has 0 aliphatic carbocycles. The number of H-pyrrole nitrogens is 1. The molecule has 2 N–H and O–H groups in total. The van der Waals surface area contributed by atoms with Crippen molar-refractivity contribution in [1.29, 1.82) is 0 Å². The minimum Gasteiger partial charge on any atom is -0.493 e. The van der Waals surface area contributed by atoms with Crippen molar-refractivity contribution in [2.75, 3.05) is 19.5 Å². The topological polar surface area (TPSA) is 84.8 Å². The number of carbonyl (C=O) groups excluding carboxylic acids is 1. The van der Waals surface area contributed by atoms with E-state index in [1.54, 1.807) is 22.6 Å². The van der Waals surface area contributed by atoms with Crippen molar-refractivity contribution in [2.45, 2.75) is 0 Å². The molecule has 0 saturated heterocycles. The first-order chi connectivity index (χ1) is 13.0. The van der Waals surface area contributed by atoms with Crippen molar-refractivity contribution in [2.24, 2.45) is 0 Å². The molecule has 7 nitrogen and oxygen atoms in total. The minimum absolute atomic E-state index is 0.243. The number of nitrogens with zero attached hydrogens (tertiary/aromatic N) is 1. The number of ether oxygens (including phenoxy) is 2. The van der Waals surface area contributed by atoms with Gasteiger partial charge in [0.05, 0.1) is 19.7 Å². The lowest BCUT2D eigenvalue weighted by atomic mass is 10.2. The van der Waals surface area contributed by atoms with Gasteiger partial charge >= 0.3 is 0 Å². The van der Waals surface area contributed by atoms with Gasteiger partial charge in [0.25, 0.3) is 11.5 Å². The van der Waals surface area contributed by atoms with Crippen LogP contribution in [0.25, 0.3) is 15.9 Å². The smallest absolute Gasteiger partial charge is 0.269 e. The molecule has 4 aromatic rings. The van der Waals surface area contributed by atoms with Crippen LogP contribution in [0.15, 0.2) is 34.4 Å². The lowest BCUT2D eigenvalue weighted by Crippen LogP contribution is -2.14. The number of hydrogen-bond acceptors (Lipinski definition) is 7. The van der Waals surface area contributed by atoms with Crippen LogP contribution in [0.3, 0.4) is 0 Å². The first-order valence-corrected chi connectivity index (χ1v) is 9.82. The van der Waals surface area contributed by atoms with Crippen molar-refractivity contribution in [3.63, 3.8) is 0 Å². The molecule has 0 fully saturated rings. The molecule has 0 bridgehead atoms. The molecule has 138 valence electrons. The fourth-order valence-electron chi connectivity index (χ4n) is 2.77. The Morgan fingerprint density at radius 2 is 2.00 bits per heavy atom. The van der Waals surface area contributed by atoms with E-state index in [1.807, 2.05) is 11.4 Å². The van der Waals surface area contributed by atoms with Gasteiger partial charge < -0.3 is 19.8 Å². The summed E-state index contributed by atoms with van der Waals surface area (Å²) >= 11 is 7.89. The summed E-state index contributed by atoms with van der Waals surface area (Å²) in [6.07, 6.45) is 0. The zero-order valence-electron chi connectivity index (χ0n) is 14.2. The number of amides is 1. The zero-order valence-corrected chi connectivity index (χ0v) is 16.6. The highest BCUT2D eigenvalue weighted by Crippen LogP contribution is 2.31. The van der Waals surface area contributed by atoms with E-state index < -0.39 is 0 Å². The number of aromatic nitrogens is 2. The molecule has 0 aliphatic heterocycles. The Morgan fingerprint density at radius 1 is 1.22 bits per heavy atom. The van der Waals surface area contributed by atoms with Gasteiger partial charge in [0.1, 0.15) is 15.2 Å². The SMILES string of the molecule is COc1ccc(NC(=O)c2sc(=S)n3c2[nH]c(=O)c2sccc23)cc1OC. The molecule has 0 spiro atoms. The fraction of sp³-hybridized carbons (Fsp3) is 0.118. The first kappa shape index (κ1) is 17.7. The summed E-state index contributed by atoms with van der Waals surface area (Å²) in [5.74, 6) is 0.689. The Bertz CT molecular complexity index is 1300. The second kappa shape index (κ2) is 6.80. The second-order valence-electron chi connectivity index (χ2n) is 5.49. The molecule has 3 heterocycles. The minimum atomic E-state index is -0.369. The second-order valence-corrected chi connectivity index (χ2v) is 8.05. The van der Waals surface area contributed by atoms with Gasteiger partial charge in [0.15, 0.2) is 15.5 Å². The van der Waals surface area contributed by atoms with Crippen LogP contribution in [0.5, 0.6) is 11.5 Å². The monoisotopic (exact) mass is 419 g/mol. The molecule has 3 aromatic heterocycles. The van der Waals surface area contributed by atoms with E-state index in [9.17, 15) is 9.59 Å². The summed E-state index contributed by atoms with van der Waals surface area (Å²) in [5, 5.41) is 4.63. The van der Waals surface area contributed by atoms with Gasteiger partial charge in [-0.3, -0.25) is 14.0 Å². The Kier molecular flexibility index (Phi) is 4.46. The molecule has 0 saturated carbocycles. The van der Waals surface area contributed by atoms with Gasteiger partial charge in [-0.05, 0) is 35.8 Å². The number of fused-ring (bicyclic) bond motifs is 3. The van der Waals surface area contributed by atoms with Crippen LogP contribution in [0.4, 0.5) is 5.69 Å². The molecule has 0 radical (unpaired) electrons. The highest BCUT2D eigenvalue weighted by Gasteiger charge is 2.19. The van der Waals surface area contributed by atoms with Gasteiger partial charge in [-0.15, -0.1) is 11.3 Å². The number of rotatable bonds is 4. The van der Waals surface area contributed by atoms with E-state index in [-0.39, 0.29) is 11.5 Å². The van der Waals surface area contributed by atoms with Gasteiger partial charge in [-0.1, -0.05) is 11.3 Å². The van der Waals surface area contributed by atoms with Crippen molar-refractivity contribution in [3.8, 4) is 11.5 Å². The van der Waals surface area contributed by atoms with E-state index in [4.69, 9.17) is 21.7 Å². The van der Waals surface area contributed by atoms with Crippen molar-refractivity contribution in [3.05, 3.63) is 48.8 Å². The van der Waals surface area contributed by atoms with Crippen LogP contribution in [-0.4, -0.2) is 29.5 Å². The average molecular weight is 420 g/mol. The third-order valence-corrected chi connectivity index (χ3v) is 6.26. The fourth-order valence-corrected chi connectivity index (χ4v) is 4.82. The molecule has 0 unspecified atom stereocenters. The lowest BCUT2D eigenvalue weighted by molar-refractivity contribution is 0.103. The normalized spacial score (nSPS) is 11.0. The van der Waals surface area contributed by atoms with Gasteiger partial charge in [-0.25, -0.2) is 0 Å². The predicted molar refractivity (Wildman–Crippen MR) is 110 cm³/mol. The molecule has 10 heteroatoms. The summed E-state index contributed by atoms with van der Waals surface area (Å²) in [6, 6.07) is 6.89. The summed E-state index contributed by atoms with van der Waals surface area (Å²) in [7, 11) is 3.06. The zero-order chi connectivity index (χ0) is 19.1. The van der Waals surface area contributed by atoms with E-state index in [1.165, 1.54) is 25.6 Å².